The highest BCUT2D eigenvalue weighted by molar-refractivity contribution is 5.97. The number of piperidine rings is 1. The first-order valence-electron chi connectivity index (χ1n) is 11.6. The Bertz CT molecular complexity index is 911. The zero-order valence-electron chi connectivity index (χ0n) is 18.9. The highest BCUT2D eigenvalue weighted by atomic mass is 16.2. The van der Waals surface area contributed by atoms with E-state index in [1.165, 1.54) is 11.1 Å². The minimum atomic E-state index is -0.137. The fraction of sp³-hybridized carbons (Fsp3) is 0.407. The molecule has 5 heteroatoms. The highest BCUT2D eigenvalue weighted by Crippen LogP contribution is 2.29. The van der Waals surface area contributed by atoms with E-state index < -0.39 is 0 Å². The van der Waals surface area contributed by atoms with Crippen LogP contribution in [0.2, 0.25) is 0 Å². The van der Waals surface area contributed by atoms with Crippen molar-refractivity contribution in [2.24, 2.45) is 5.92 Å². The molecule has 0 radical (unpaired) electrons. The summed E-state index contributed by atoms with van der Waals surface area (Å²) in [5.74, 6) is 0.581. The molecule has 1 amide bonds. The summed E-state index contributed by atoms with van der Waals surface area (Å²) in [6, 6.07) is 23.4. The molecule has 2 aliphatic heterocycles. The second-order valence-corrected chi connectivity index (χ2v) is 8.93. The van der Waals surface area contributed by atoms with Crippen LogP contribution in [0.25, 0.3) is 0 Å². The fourth-order valence-electron chi connectivity index (χ4n) is 4.71. The van der Waals surface area contributed by atoms with E-state index in [4.69, 9.17) is 0 Å². The molecular formula is C27H32N4O. The molecule has 2 saturated heterocycles. The molecule has 0 aliphatic carbocycles. The van der Waals surface area contributed by atoms with Crippen molar-refractivity contribution in [3.05, 3.63) is 83.6 Å². The van der Waals surface area contributed by atoms with Crippen LogP contribution in [0, 0.1) is 17.2 Å². The van der Waals surface area contributed by atoms with Crippen LogP contribution < -0.4 is 0 Å². The van der Waals surface area contributed by atoms with Gasteiger partial charge in [0.05, 0.1) is 6.04 Å². The van der Waals surface area contributed by atoms with Crippen molar-refractivity contribution < 1.29 is 4.79 Å². The summed E-state index contributed by atoms with van der Waals surface area (Å²) >= 11 is 0. The smallest absolute Gasteiger partial charge is 0.266 e. The number of hydrogen-bond donors (Lipinski definition) is 0. The summed E-state index contributed by atoms with van der Waals surface area (Å²) < 4.78 is 0. The van der Waals surface area contributed by atoms with Crippen molar-refractivity contribution in [2.45, 2.75) is 25.8 Å². The Labute approximate surface area is 191 Å². The van der Waals surface area contributed by atoms with E-state index in [9.17, 15) is 10.1 Å². The van der Waals surface area contributed by atoms with Gasteiger partial charge in [0.2, 0.25) is 0 Å². The minimum absolute atomic E-state index is 0.137. The van der Waals surface area contributed by atoms with Crippen LogP contribution in [0.3, 0.4) is 0 Å². The topological polar surface area (TPSA) is 50.6 Å². The standard InChI is InChI=1S/C27H32N4O/c1-22-12-14-29(15-13-22)21-25(20-28)27(32)31-18-16-30(17-19-31)26(23-8-4-2-5-9-23)24-10-6-3-7-11-24/h2-11,21-22,26H,12-19H2,1H3/b25-21-. The van der Waals surface area contributed by atoms with Crippen LogP contribution in [0.15, 0.2) is 72.4 Å². The van der Waals surface area contributed by atoms with Gasteiger partial charge in [-0.2, -0.15) is 5.26 Å². The maximum atomic E-state index is 13.1. The van der Waals surface area contributed by atoms with Crippen molar-refractivity contribution in [3.8, 4) is 6.07 Å². The van der Waals surface area contributed by atoms with Crippen LogP contribution in [-0.2, 0) is 4.79 Å². The Kier molecular flexibility index (Phi) is 7.24. The predicted octanol–water partition coefficient (Wildman–Crippen LogP) is 4.06. The zero-order chi connectivity index (χ0) is 22.3. The van der Waals surface area contributed by atoms with Gasteiger partial charge in [-0.1, -0.05) is 67.6 Å². The number of carbonyl (C=O) groups is 1. The number of amides is 1. The van der Waals surface area contributed by atoms with E-state index >= 15 is 0 Å². The summed E-state index contributed by atoms with van der Waals surface area (Å²) in [4.78, 5) is 19.5. The highest BCUT2D eigenvalue weighted by Gasteiger charge is 2.29. The van der Waals surface area contributed by atoms with E-state index in [0.29, 0.717) is 13.1 Å². The number of nitrogens with zero attached hydrogens (tertiary/aromatic N) is 4. The number of piperazine rings is 1. The maximum absolute atomic E-state index is 13.1. The summed E-state index contributed by atoms with van der Waals surface area (Å²) in [6.45, 7) is 6.91. The molecule has 0 saturated carbocycles. The lowest BCUT2D eigenvalue weighted by molar-refractivity contribution is -0.128. The fourth-order valence-corrected chi connectivity index (χ4v) is 4.71. The number of hydrogen-bond acceptors (Lipinski definition) is 4. The van der Waals surface area contributed by atoms with Crippen LogP contribution in [0.1, 0.15) is 36.9 Å². The molecule has 5 nitrogen and oxygen atoms in total. The van der Waals surface area contributed by atoms with Gasteiger partial charge >= 0.3 is 0 Å². The molecule has 0 aromatic heterocycles. The summed E-state index contributed by atoms with van der Waals surface area (Å²) in [6.07, 6.45) is 4.02. The average Bonchev–Trinajstić information content (AvgIpc) is 2.85. The van der Waals surface area contributed by atoms with Crippen LogP contribution in [0.5, 0.6) is 0 Å². The van der Waals surface area contributed by atoms with Gasteiger partial charge < -0.3 is 9.80 Å². The first kappa shape index (κ1) is 22.1. The van der Waals surface area contributed by atoms with E-state index in [-0.39, 0.29) is 17.5 Å². The second-order valence-electron chi connectivity index (χ2n) is 8.93. The first-order valence-corrected chi connectivity index (χ1v) is 11.6. The molecule has 32 heavy (non-hydrogen) atoms. The lowest BCUT2D eigenvalue weighted by Gasteiger charge is -2.40. The SMILES string of the molecule is CC1CCN(/C=C(/C#N)C(=O)N2CCN(C(c3ccccc3)c3ccccc3)CC2)CC1. The molecule has 0 N–H and O–H groups in total. The van der Waals surface area contributed by atoms with Gasteiger partial charge in [-0.15, -0.1) is 0 Å². The predicted molar refractivity (Wildman–Crippen MR) is 127 cm³/mol. The molecule has 166 valence electrons. The molecule has 0 atom stereocenters. The van der Waals surface area contributed by atoms with Crippen molar-refractivity contribution in [3.63, 3.8) is 0 Å². The van der Waals surface area contributed by atoms with E-state index in [2.05, 4.69) is 71.3 Å². The largest absolute Gasteiger partial charge is 0.376 e. The molecule has 2 aliphatic rings. The van der Waals surface area contributed by atoms with E-state index in [1.54, 1.807) is 6.20 Å². The number of rotatable bonds is 5. The summed E-state index contributed by atoms with van der Waals surface area (Å²) in [5.41, 5.74) is 2.78. The monoisotopic (exact) mass is 428 g/mol. The Morgan fingerprint density at radius 1 is 0.906 bits per heavy atom. The van der Waals surface area contributed by atoms with Gasteiger partial charge in [0.15, 0.2) is 0 Å². The lowest BCUT2D eigenvalue weighted by Crippen LogP contribution is -2.50. The van der Waals surface area contributed by atoms with Gasteiger partial charge in [0.25, 0.3) is 5.91 Å². The van der Waals surface area contributed by atoms with Crippen LogP contribution in [-0.4, -0.2) is 59.9 Å². The Morgan fingerprint density at radius 3 is 1.94 bits per heavy atom. The third-order valence-electron chi connectivity index (χ3n) is 6.68. The van der Waals surface area contributed by atoms with E-state index in [0.717, 1.165) is 44.9 Å². The quantitative estimate of drug-likeness (QED) is 0.532. The van der Waals surface area contributed by atoms with Gasteiger partial charge in [-0.05, 0) is 29.9 Å². The van der Waals surface area contributed by atoms with Gasteiger partial charge in [0, 0.05) is 45.5 Å². The molecule has 0 spiro atoms. The Balaban J connectivity index is 1.44. The van der Waals surface area contributed by atoms with Crippen LogP contribution >= 0.6 is 0 Å². The number of nitriles is 1. The molecular weight excluding hydrogens is 396 g/mol. The molecule has 4 rings (SSSR count). The molecule has 2 heterocycles. The van der Waals surface area contributed by atoms with Crippen molar-refractivity contribution in [2.75, 3.05) is 39.3 Å². The molecule has 0 bridgehead atoms. The molecule has 2 aromatic carbocycles. The third kappa shape index (κ3) is 5.20. The lowest BCUT2D eigenvalue weighted by atomic mass is 9.96. The Morgan fingerprint density at radius 2 is 1.44 bits per heavy atom. The minimum Gasteiger partial charge on any atom is -0.376 e. The van der Waals surface area contributed by atoms with Crippen molar-refractivity contribution in [1.82, 2.24) is 14.7 Å². The average molecular weight is 429 g/mol. The maximum Gasteiger partial charge on any atom is 0.266 e. The number of likely N-dealkylation sites (tertiary alicyclic amines) is 1. The Hall–Kier alpha value is -3.10. The zero-order valence-corrected chi connectivity index (χ0v) is 18.9. The normalized spacial score (nSPS) is 18.6. The molecule has 2 fully saturated rings. The van der Waals surface area contributed by atoms with Crippen LogP contribution in [0.4, 0.5) is 0 Å². The van der Waals surface area contributed by atoms with Crippen molar-refractivity contribution >= 4 is 5.91 Å². The molecule has 2 aromatic rings. The van der Waals surface area contributed by atoms with E-state index in [1.807, 2.05) is 17.0 Å². The number of carbonyl (C=O) groups excluding carboxylic acids is 1. The summed E-state index contributed by atoms with van der Waals surface area (Å²) in [5, 5.41) is 9.64. The second kappa shape index (κ2) is 10.5. The molecule has 0 unspecified atom stereocenters. The first-order chi connectivity index (χ1) is 15.7. The van der Waals surface area contributed by atoms with Crippen molar-refractivity contribution in [1.29, 1.82) is 5.26 Å². The number of benzene rings is 2. The van der Waals surface area contributed by atoms with Gasteiger partial charge in [-0.3, -0.25) is 9.69 Å². The summed E-state index contributed by atoms with van der Waals surface area (Å²) in [7, 11) is 0. The third-order valence-corrected chi connectivity index (χ3v) is 6.68. The van der Waals surface area contributed by atoms with Gasteiger partial charge in [0.1, 0.15) is 11.6 Å². The van der Waals surface area contributed by atoms with Gasteiger partial charge in [-0.25, -0.2) is 0 Å².